The molecule has 1 aromatic rings. The van der Waals surface area contributed by atoms with Crippen molar-refractivity contribution < 1.29 is 0 Å². The summed E-state index contributed by atoms with van der Waals surface area (Å²) >= 11 is 0. The summed E-state index contributed by atoms with van der Waals surface area (Å²) in [6.45, 7) is 10.2. The van der Waals surface area contributed by atoms with E-state index in [0.29, 0.717) is 12.0 Å². The molecule has 0 bridgehead atoms. The van der Waals surface area contributed by atoms with Crippen LogP contribution in [0.3, 0.4) is 0 Å². The van der Waals surface area contributed by atoms with Gasteiger partial charge in [-0.3, -0.25) is 4.90 Å². The van der Waals surface area contributed by atoms with Gasteiger partial charge in [-0.1, -0.05) is 6.08 Å². The van der Waals surface area contributed by atoms with Gasteiger partial charge in [0.25, 0.3) is 0 Å². The third kappa shape index (κ3) is 2.53. The van der Waals surface area contributed by atoms with Crippen molar-refractivity contribution in [1.29, 1.82) is 0 Å². The van der Waals surface area contributed by atoms with E-state index in [1.807, 2.05) is 18.5 Å². The smallest absolute Gasteiger partial charge is 0.123 e. The van der Waals surface area contributed by atoms with Crippen LogP contribution in [0.2, 0.25) is 0 Å². The summed E-state index contributed by atoms with van der Waals surface area (Å²) in [6.07, 6.45) is 9.10. The molecule has 2 rings (SSSR count). The second kappa shape index (κ2) is 5.30. The first-order valence-corrected chi connectivity index (χ1v) is 5.98. The molecule has 1 aliphatic rings. The fourth-order valence-electron chi connectivity index (χ4n) is 2.43. The molecule has 0 spiro atoms. The maximum absolute atomic E-state index is 4.37. The van der Waals surface area contributed by atoms with E-state index in [2.05, 4.69) is 28.4 Å². The lowest BCUT2D eigenvalue weighted by atomic mass is 9.97. The highest BCUT2D eigenvalue weighted by Crippen LogP contribution is 2.27. The number of piperidine rings is 1. The number of rotatable bonds is 4. The molecule has 0 aromatic carbocycles. The first-order valence-electron chi connectivity index (χ1n) is 5.98. The number of nitrogens with one attached hydrogen (secondary N) is 1. The Morgan fingerprint density at radius 1 is 1.69 bits per heavy atom. The summed E-state index contributed by atoms with van der Waals surface area (Å²) in [4.78, 5) is 10.1. The summed E-state index contributed by atoms with van der Waals surface area (Å²) in [5.41, 5.74) is 0. The highest BCUT2D eigenvalue weighted by molar-refractivity contribution is 5.00. The lowest BCUT2D eigenvalue weighted by Gasteiger charge is -2.35. The van der Waals surface area contributed by atoms with E-state index in [0.717, 1.165) is 25.3 Å². The van der Waals surface area contributed by atoms with Gasteiger partial charge in [-0.2, -0.15) is 0 Å². The molecule has 0 aliphatic carbocycles. The zero-order valence-corrected chi connectivity index (χ0v) is 9.73. The molecule has 1 aromatic heterocycles. The van der Waals surface area contributed by atoms with Gasteiger partial charge in [-0.05, 0) is 38.6 Å². The van der Waals surface area contributed by atoms with Crippen molar-refractivity contribution >= 4 is 0 Å². The fraction of sp³-hybridized carbons (Fsp3) is 0.538. The van der Waals surface area contributed by atoms with Crippen LogP contribution in [0.15, 0.2) is 25.0 Å². The second-order valence-corrected chi connectivity index (χ2v) is 4.52. The molecule has 0 amide bonds. The van der Waals surface area contributed by atoms with Gasteiger partial charge in [0, 0.05) is 18.9 Å². The van der Waals surface area contributed by atoms with Gasteiger partial charge >= 0.3 is 0 Å². The first kappa shape index (κ1) is 11.4. The van der Waals surface area contributed by atoms with Gasteiger partial charge in [0.05, 0.1) is 6.04 Å². The number of hydrogen-bond acceptors (Lipinski definition) is 2. The Labute approximate surface area is 97.6 Å². The normalized spacial score (nSPS) is 24.2. The minimum Gasteiger partial charge on any atom is -0.347 e. The Hall–Kier alpha value is -1.09. The SMILES string of the molecule is [CH2]C1CCCN(C(CC=C)c2ncc[nH]2)C1. The van der Waals surface area contributed by atoms with Gasteiger partial charge in [-0.15, -0.1) is 6.58 Å². The third-order valence-electron chi connectivity index (χ3n) is 3.22. The molecule has 1 saturated heterocycles. The van der Waals surface area contributed by atoms with Gasteiger partial charge in [0.2, 0.25) is 0 Å². The number of hydrogen-bond donors (Lipinski definition) is 1. The van der Waals surface area contributed by atoms with E-state index in [1.165, 1.54) is 12.8 Å². The molecule has 1 fully saturated rings. The van der Waals surface area contributed by atoms with Crippen LogP contribution in [-0.4, -0.2) is 28.0 Å². The standard InChI is InChI=1S/C13H20N3/c1-3-5-12(13-14-7-8-15-13)16-9-4-6-11(2)10-16/h3,7-8,11-12H,1-2,4-6,9-10H2,(H,14,15). The van der Waals surface area contributed by atoms with Crippen LogP contribution in [0.1, 0.15) is 31.1 Å². The molecule has 2 heterocycles. The van der Waals surface area contributed by atoms with Crippen molar-refractivity contribution in [3.05, 3.63) is 37.8 Å². The maximum atomic E-state index is 4.37. The van der Waals surface area contributed by atoms with E-state index in [-0.39, 0.29) is 0 Å². The van der Waals surface area contributed by atoms with Gasteiger partial charge in [-0.25, -0.2) is 4.98 Å². The Kier molecular flexibility index (Phi) is 3.78. The van der Waals surface area contributed by atoms with E-state index in [4.69, 9.17) is 0 Å². The second-order valence-electron chi connectivity index (χ2n) is 4.52. The van der Waals surface area contributed by atoms with Crippen molar-refractivity contribution in [2.24, 2.45) is 5.92 Å². The number of likely N-dealkylation sites (tertiary alicyclic amines) is 1. The number of imidazole rings is 1. The first-order chi connectivity index (χ1) is 7.81. The molecule has 3 nitrogen and oxygen atoms in total. The molecular formula is C13H20N3. The van der Waals surface area contributed by atoms with E-state index in [1.54, 1.807) is 0 Å². The predicted molar refractivity (Wildman–Crippen MR) is 65.8 cm³/mol. The largest absolute Gasteiger partial charge is 0.347 e. The van der Waals surface area contributed by atoms with Crippen molar-refractivity contribution in [3.63, 3.8) is 0 Å². The van der Waals surface area contributed by atoms with Crippen molar-refractivity contribution in [2.75, 3.05) is 13.1 Å². The summed E-state index contributed by atoms with van der Waals surface area (Å²) in [5.74, 6) is 1.60. The third-order valence-corrected chi connectivity index (χ3v) is 3.22. The van der Waals surface area contributed by atoms with Crippen LogP contribution in [0.25, 0.3) is 0 Å². The summed E-state index contributed by atoms with van der Waals surface area (Å²) in [7, 11) is 0. The number of aromatic nitrogens is 2. The zero-order valence-electron chi connectivity index (χ0n) is 9.73. The van der Waals surface area contributed by atoms with Crippen LogP contribution in [-0.2, 0) is 0 Å². The average Bonchev–Trinajstić information content (AvgIpc) is 2.79. The molecule has 3 heteroatoms. The fourth-order valence-corrected chi connectivity index (χ4v) is 2.43. The Bertz CT molecular complexity index is 318. The Balaban J connectivity index is 2.09. The minimum atomic E-state index is 0.344. The predicted octanol–water partition coefficient (Wildman–Crippen LogP) is 2.57. The van der Waals surface area contributed by atoms with Gasteiger partial charge < -0.3 is 4.98 Å². The minimum absolute atomic E-state index is 0.344. The number of nitrogens with zero attached hydrogens (tertiary/aromatic N) is 2. The molecule has 2 unspecified atom stereocenters. The van der Waals surface area contributed by atoms with Crippen LogP contribution in [0.5, 0.6) is 0 Å². The van der Waals surface area contributed by atoms with Gasteiger partial charge in [0.1, 0.15) is 5.82 Å². The van der Waals surface area contributed by atoms with Crippen LogP contribution < -0.4 is 0 Å². The lowest BCUT2D eigenvalue weighted by Crippen LogP contribution is -2.37. The van der Waals surface area contributed by atoms with E-state index < -0.39 is 0 Å². The molecule has 87 valence electrons. The van der Waals surface area contributed by atoms with Gasteiger partial charge in [0.15, 0.2) is 0 Å². The quantitative estimate of drug-likeness (QED) is 0.788. The summed E-state index contributed by atoms with van der Waals surface area (Å²) in [6, 6.07) is 0.344. The molecule has 1 N–H and O–H groups in total. The molecule has 0 saturated carbocycles. The van der Waals surface area contributed by atoms with Crippen molar-refractivity contribution in [3.8, 4) is 0 Å². The molecule has 1 radical (unpaired) electrons. The van der Waals surface area contributed by atoms with Crippen molar-refractivity contribution in [2.45, 2.75) is 25.3 Å². The van der Waals surface area contributed by atoms with E-state index in [9.17, 15) is 0 Å². The molecule has 1 aliphatic heterocycles. The molecular weight excluding hydrogens is 198 g/mol. The lowest BCUT2D eigenvalue weighted by molar-refractivity contribution is 0.134. The zero-order chi connectivity index (χ0) is 11.4. The number of aromatic amines is 1. The van der Waals surface area contributed by atoms with E-state index >= 15 is 0 Å². The van der Waals surface area contributed by atoms with Crippen LogP contribution in [0.4, 0.5) is 0 Å². The molecule has 16 heavy (non-hydrogen) atoms. The number of H-pyrrole nitrogens is 1. The Morgan fingerprint density at radius 2 is 2.56 bits per heavy atom. The monoisotopic (exact) mass is 218 g/mol. The highest BCUT2D eigenvalue weighted by atomic mass is 15.2. The highest BCUT2D eigenvalue weighted by Gasteiger charge is 2.25. The summed E-state index contributed by atoms with van der Waals surface area (Å²) in [5, 5.41) is 0. The maximum Gasteiger partial charge on any atom is 0.123 e. The van der Waals surface area contributed by atoms with Crippen LogP contribution >= 0.6 is 0 Å². The topological polar surface area (TPSA) is 31.9 Å². The van der Waals surface area contributed by atoms with Crippen LogP contribution in [0, 0.1) is 12.8 Å². The summed E-state index contributed by atoms with van der Waals surface area (Å²) < 4.78 is 0. The van der Waals surface area contributed by atoms with Crippen molar-refractivity contribution in [1.82, 2.24) is 14.9 Å². The molecule has 2 atom stereocenters. The Morgan fingerprint density at radius 3 is 3.19 bits per heavy atom. The average molecular weight is 218 g/mol.